The predicted octanol–water partition coefficient (Wildman–Crippen LogP) is 5.83. The number of carbonyl (C=O) groups is 2. The molecule has 0 fully saturated rings. The number of anilines is 1. The van der Waals surface area contributed by atoms with E-state index in [4.69, 9.17) is 23.2 Å². The van der Waals surface area contributed by atoms with Crippen LogP contribution in [0.15, 0.2) is 42.5 Å². The van der Waals surface area contributed by atoms with Crippen molar-refractivity contribution in [1.29, 1.82) is 0 Å². The van der Waals surface area contributed by atoms with E-state index in [0.717, 1.165) is 31.1 Å². The minimum absolute atomic E-state index is 0.0554. The second-order valence-electron chi connectivity index (χ2n) is 9.25. The van der Waals surface area contributed by atoms with Gasteiger partial charge in [-0.1, -0.05) is 68.6 Å². The summed E-state index contributed by atoms with van der Waals surface area (Å²) in [4.78, 5) is 28.1. The monoisotopic (exact) mass is 583 g/mol. The van der Waals surface area contributed by atoms with Gasteiger partial charge in [0.15, 0.2) is 0 Å². The quantitative estimate of drug-likeness (QED) is 0.267. The molecule has 0 saturated carbocycles. The highest BCUT2D eigenvalue weighted by atomic mass is 35.5. The number of sulfonamides is 1. The fourth-order valence-electron chi connectivity index (χ4n) is 4.18. The first-order chi connectivity index (χ1) is 18.0. The summed E-state index contributed by atoms with van der Waals surface area (Å²) < 4.78 is 26.4. The Labute approximate surface area is 237 Å². The van der Waals surface area contributed by atoms with Crippen molar-refractivity contribution >= 4 is 50.7 Å². The summed E-state index contributed by atoms with van der Waals surface area (Å²) in [6.45, 7) is 6.66. The molecule has 0 saturated heterocycles. The van der Waals surface area contributed by atoms with E-state index in [1.807, 2.05) is 32.9 Å². The molecule has 1 N–H and O–H groups in total. The van der Waals surface area contributed by atoms with Gasteiger partial charge in [0.25, 0.3) is 0 Å². The summed E-state index contributed by atoms with van der Waals surface area (Å²) in [7, 11) is -3.55. The number of nitrogens with zero attached hydrogens (tertiary/aromatic N) is 2. The normalized spacial score (nSPS) is 12.2. The first-order valence-electron chi connectivity index (χ1n) is 13.1. The third-order valence-corrected chi connectivity index (χ3v) is 8.29. The largest absolute Gasteiger partial charge is 0.354 e. The van der Waals surface area contributed by atoms with Crippen LogP contribution < -0.4 is 9.62 Å². The van der Waals surface area contributed by atoms with Crippen molar-refractivity contribution in [3.63, 3.8) is 0 Å². The van der Waals surface area contributed by atoms with E-state index in [2.05, 4.69) is 5.32 Å². The fourth-order valence-corrected chi connectivity index (χ4v) is 5.66. The molecule has 1 atom stereocenters. The minimum Gasteiger partial charge on any atom is -0.354 e. The van der Waals surface area contributed by atoms with Gasteiger partial charge in [-0.2, -0.15) is 0 Å². The standard InChI is InChI=1S/C28H39Cl2N3O4S/c1-5-8-18-31-28(35)26(7-3)32(20-23-24(29)11-9-12-25(23)30)27(34)13-10-19-33(38(4,36)37)22-16-14-21(6-2)15-17-22/h9,11-12,14-17,26H,5-8,10,13,18-20H2,1-4H3,(H,31,35). The van der Waals surface area contributed by atoms with E-state index in [1.165, 1.54) is 9.21 Å². The molecule has 2 amide bonds. The molecule has 0 radical (unpaired) electrons. The topological polar surface area (TPSA) is 86.8 Å². The van der Waals surface area contributed by atoms with Crippen molar-refractivity contribution in [3.8, 4) is 0 Å². The zero-order valence-corrected chi connectivity index (χ0v) is 25.0. The summed E-state index contributed by atoms with van der Waals surface area (Å²) in [5, 5.41) is 3.75. The van der Waals surface area contributed by atoms with E-state index < -0.39 is 16.1 Å². The zero-order chi connectivity index (χ0) is 28.3. The molecule has 0 spiro atoms. The molecule has 2 aromatic rings. The van der Waals surface area contributed by atoms with Gasteiger partial charge in [-0.3, -0.25) is 13.9 Å². The van der Waals surface area contributed by atoms with Crippen LogP contribution >= 0.6 is 23.2 Å². The molecule has 2 rings (SSSR count). The summed E-state index contributed by atoms with van der Waals surface area (Å²) in [5.74, 6) is -0.500. The molecule has 0 heterocycles. The predicted molar refractivity (Wildman–Crippen MR) is 156 cm³/mol. The van der Waals surface area contributed by atoms with E-state index in [1.54, 1.807) is 30.3 Å². The minimum atomic E-state index is -3.55. The first kappa shape index (κ1) is 31.9. The fraction of sp³-hybridized carbons (Fsp3) is 0.500. The summed E-state index contributed by atoms with van der Waals surface area (Å²) in [5.41, 5.74) is 2.23. The third kappa shape index (κ3) is 9.17. The highest BCUT2D eigenvalue weighted by Gasteiger charge is 2.29. The van der Waals surface area contributed by atoms with Crippen LogP contribution in [0.1, 0.15) is 64.0 Å². The molecular weight excluding hydrogens is 545 g/mol. The molecule has 0 aliphatic carbocycles. The molecule has 210 valence electrons. The van der Waals surface area contributed by atoms with Crippen LogP contribution in [-0.4, -0.2) is 50.5 Å². The molecule has 7 nitrogen and oxygen atoms in total. The number of nitrogens with one attached hydrogen (secondary N) is 1. The van der Waals surface area contributed by atoms with Gasteiger partial charge in [-0.25, -0.2) is 8.42 Å². The maximum Gasteiger partial charge on any atom is 0.242 e. The van der Waals surface area contributed by atoms with Gasteiger partial charge in [0.2, 0.25) is 21.8 Å². The highest BCUT2D eigenvalue weighted by molar-refractivity contribution is 7.92. The average molecular weight is 585 g/mol. The van der Waals surface area contributed by atoms with Crippen LogP contribution in [0, 0.1) is 0 Å². The lowest BCUT2D eigenvalue weighted by atomic mass is 10.1. The van der Waals surface area contributed by atoms with Crippen LogP contribution in [-0.2, 0) is 32.6 Å². The maximum absolute atomic E-state index is 13.5. The van der Waals surface area contributed by atoms with Crippen molar-refractivity contribution in [1.82, 2.24) is 10.2 Å². The first-order valence-corrected chi connectivity index (χ1v) is 15.7. The second kappa shape index (κ2) is 15.3. The summed E-state index contributed by atoms with van der Waals surface area (Å²) in [6.07, 6.45) is 4.53. The zero-order valence-electron chi connectivity index (χ0n) is 22.7. The number of aryl methyl sites for hydroxylation is 1. The van der Waals surface area contributed by atoms with E-state index in [9.17, 15) is 18.0 Å². The smallest absolute Gasteiger partial charge is 0.242 e. The molecule has 0 bridgehead atoms. The van der Waals surface area contributed by atoms with Crippen LogP contribution in [0.25, 0.3) is 0 Å². The lowest BCUT2D eigenvalue weighted by Gasteiger charge is -2.31. The van der Waals surface area contributed by atoms with E-state index in [0.29, 0.717) is 34.3 Å². The molecule has 0 aliphatic heterocycles. The van der Waals surface area contributed by atoms with Gasteiger partial charge in [-0.05, 0) is 55.5 Å². The number of hydrogen-bond donors (Lipinski definition) is 1. The Hall–Kier alpha value is -2.29. The Bertz CT molecular complexity index is 1150. The van der Waals surface area contributed by atoms with Crippen molar-refractivity contribution < 1.29 is 18.0 Å². The van der Waals surface area contributed by atoms with E-state index in [-0.39, 0.29) is 37.7 Å². The Morgan fingerprint density at radius 1 is 0.974 bits per heavy atom. The number of carbonyl (C=O) groups excluding carboxylic acids is 2. The molecule has 1 unspecified atom stereocenters. The van der Waals surface area contributed by atoms with Crippen molar-refractivity contribution in [2.45, 2.75) is 71.9 Å². The molecular formula is C28H39Cl2N3O4S. The average Bonchev–Trinajstić information content (AvgIpc) is 2.87. The Kier molecular flexibility index (Phi) is 12.9. The van der Waals surface area contributed by atoms with Crippen molar-refractivity contribution in [3.05, 3.63) is 63.6 Å². The van der Waals surface area contributed by atoms with Crippen LogP contribution in [0.3, 0.4) is 0 Å². The highest BCUT2D eigenvalue weighted by Crippen LogP contribution is 2.27. The molecule has 0 aromatic heterocycles. The summed E-state index contributed by atoms with van der Waals surface area (Å²) >= 11 is 12.8. The van der Waals surface area contributed by atoms with E-state index >= 15 is 0 Å². The van der Waals surface area contributed by atoms with Gasteiger partial charge in [0.05, 0.1) is 11.9 Å². The number of amides is 2. The lowest BCUT2D eigenvalue weighted by molar-refractivity contribution is -0.141. The van der Waals surface area contributed by atoms with Gasteiger partial charge >= 0.3 is 0 Å². The molecule has 0 aliphatic rings. The number of rotatable bonds is 15. The third-order valence-electron chi connectivity index (χ3n) is 6.39. The van der Waals surface area contributed by atoms with Gasteiger partial charge in [-0.15, -0.1) is 0 Å². The van der Waals surface area contributed by atoms with Crippen molar-refractivity contribution in [2.24, 2.45) is 0 Å². The SMILES string of the molecule is CCCCNC(=O)C(CC)N(Cc1c(Cl)cccc1Cl)C(=O)CCCN(c1ccc(CC)cc1)S(C)(=O)=O. The van der Waals surface area contributed by atoms with Gasteiger partial charge in [0, 0.05) is 41.7 Å². The number of hydrogen-bond acceptors (Lipinski definition) is 4. The number of halogens is 2. The molecule has 2 aromatic carbocycles. The Morgan fingerprint density at radius 2 is 1.61 bits per heavy atom. The van der Waals surface area contributed by atoms with Gasteiger partial charge < -0.3 is 10.2 Å². The molecule has 38 heavy (non-hydrogen) atoms. The van der Waals surface area contributed by atoms with Crippen LogP contribution in [0.2, 0.25) is 10.0 Å². The number of benzene rings is 2. The second-order valence-corrected chi connectivity index (χ2v) is 12.0. The van der Waals surface area contributed by atoms with Gasteiger partial charge in [0.1, 0.15) is 6.04 Å². The Morgan fingerprint density at radius 3 is 2.13 bits per heavy atom. The van der Waals surface area contributed by atoms with Crippen molar-refractivity contribution in [2.75, 3.05) is 23.7 Å². The maximum atomic E-state index is 13.5. The lowest BCUT2D eigenvalue weighted by Crippen LogP contribution is -2.49. The van der Waals surface area contributed by atoms with Crippen LogP contribution in [0.5, 0.6) is 0 Å². The summed E-state index contributed by atoms with van der Waals surface area (Å²) in [6, 6.07) is 11.8. The molecule has 10 heteroatoms. The number of unbranched alkanes of at least 4 members (excludes halogenated alkanes) is 1. The Balaban J connectivity index is 2.24. The van der Waals surface area contributed by atoms with Crippen LogP contribution in [0.4, 0.5) is 5.69 Å².